The largest absolute Gasteiger partial charge is 0.338 e. The minimum absolute atomic E-state index is 0.0390. The third-order valence-electron chi connectivity index (χ3n) is 2.71. The Labute approximate surface area is 92.2 Å². The standard InChI is InChI=1S/C11H23N3O/c1-2-7-13-11(15)14-9-10-6-4-3-5-8-12-10/h10,12H,2-9H2,1H3,(H2,13,14,15). The summed E-state index contributed by atoms with van der Waals surface area (Å²) in [7, 11) is 0. The zero-order valence-corrected chi connectivity index (χ0v) is 9.64. The first-order valence-corrected chi connectivity index (χ1v) is 6.08. The van der Waals surface area contributed by atoms with Crippen molar-refractivity contribution >= 4 is 6.03 Å². The number of amides is 2. The lowest BCUT2D eigenvalue weighted by atomic mass is 10.1. The van der Waals surface area contributed by atoms with Crippen molar-refractivity contribution in [3.63, 3.8) is 0 Å². The molecule has 15 heavy (non-hydrogen) atoms. The first-order valence-electron chi connectivity index (χ1n) is 6.08. The molecule has 0 bridgehead atoms. The molecule has 4 heteroatoms. The molecule has 0 aromatic carbocycles. The lowest BCUT2D eigenvalue weighted by Crippen LogP contribution is -2.44. The van der Waals surface area contributed by atoms with Crippen LogP contribution in [-0.2, 0) is 0 Å². The van der Waals surface area contributed by atoms with Gasteiger partial charge in [0.05, 0.1) is 0 Å². The third-order valence-corrected chi connectivity index (χ3v) is 2.71. The van der Waals surface area contributed by atoms with Crippen LogP contribution in [0, 0.1) is 0 Å². The van der Waals surface area contributed by atoms with Gasteiger partial charge >= 0.3 is 6.03 Å². The van der Waals surface area contributed by atoms with E-state index >= 15 is 0 Å². The van der Waals surface area contributed by atoms with Crippen molar-refractivity contribution in [2.75, 3.05) is 19.6 Å². The molecule has 0 saturated carbocycles. The quantitative estimate of drug-likeness (QED) is 0.658. The number of hydrogen-bond donors (Lipinski definition) is 3. The third kappa shape index (κ3) is 5.62. The summed E-state index contributed by atoms with van der Waals surface area (Å²) in [5.41, 5.74) is 0. The molecule has 88 valence electrons. The van der Waals surface area contributed by atoms with E-state index in [1.165, 1.54) is 25.7 Å². The first-order chi connectivity index (χ1) is 7.33. The van der Waals surface area contributed by atoms with Crippen molar-refractivity contribution in [1.82, 2.24) is 16.0 Å². The second-order valence-electron chi connectivity index (χ2n) is 4.14. The molecular formula is C11H23N3O. The summed E-state index contributed by atoms with van der Waals surface area (Å²) in [5.74, 6) is 0. The molecule has 1 fully saturated rings. The summed E-state index contributed by atoms with van der Waals surface area (Å²) in [4.78, 5) is 11.3. The fraction of sp³-hybridized carbons (Fsp3) is 0.909. The number of rotatable bonds is 4. The summed E-state index contributed by atoms with van der Waals surface area (Å²) in [6.45, 7) is 4.63. The van der Waals surface area contributed by atoms with Gasteiger partial charge in [-0.2, -0.15) is 0 Å². The highest BCUT2D eigenvalue weighted by atomic mass is 16.2. The Morgan fingerprint density at radius 1 is 1.33 bits per heavy atom. The topological polar surface area (TPSA) is 53.2 Å². The number of hydrogen-bond acceptors (Lipinski definition) is 2. The smallest absolute Gasteiger partial charge is 0.314 e. The van der Waals surface area contributed by atoms with Crippen LogP contribution in [-0.4, -0.2) is 31.7 Å². The van der Waals surface area contributed by atoms with Gasteiger partial charge in [0.15, 0.2) is 0 Å². The van der Waals surface area contributed by atoms with Gasteiger partial charge in [-0.15, -0.1) is 0 Å². The highest BCUT2D eigenvalue weighted by Gasteiger charge is 2.11. The number of carbonyl (C=O) groups excluding carboxylic acids is 1. The highest BCUT2D eigenvalue weighted by Crippen LogP contribution is 2.07. The van der Waals surface area contributed by atoms with Crippen LogP contribution >= 0.6 is 0 Å². The molecule has 0 radical (unpaired) electrons. The Kier molecular flexibility index (Phi) is 6.16. The molecule has 1 saturated heterocycles. The van der Waals surface area contributed by atoms with Gasteiger partial charge in [-0.1, -0.05) is 19.8 Å². The maximum absolute atomic E-state index is 11.3. The van der Waals surface area contributed by atoms with E-state index in [0.717, 1.165) is 26.1 Å². The molecule has 2 amide bonds. The molecule has 0 aliphatic carbocycles. The van der Waals surface area contributed by atoms with Gasteiger partial charge in [0.2, 0.25) is 0 Å². The Morgan fingerprint density at radius 3 is 3.00 bits per heavy atom. The maximum atomic E-state index is 11.3. The van der Waals surface area contributed by atoms with E-state index < -0.39 is 0 Å². The molecule has 1 aliphatic heterocycles. The van der Waals surface area contributed by atoms with E-state index in [2.05, 4.69) is 16.0 Å². The van der Waals surface area contributed by atoms with Gasteiger partial charge in [-0.3, -0.25) is 0 Å². The normalized spacial score (nSPS) is 21.8. The van der Waals surface area contributed by atoms with Crippen molar-refractivity contribution in [3.8, 4) is 0 Å². The van der Waals surface area contributed by atoms with Gasteiger partial charge in [0.1, 0.15) is 0 Å². The minimum atomic E-state index is -0.0390. The monoisotopic (exact) mass is 213 g/mol. The molecule has 0 spiro atoms. The predicted octanol–water partition coefficient (Wildman–Crippen LogP) is 1.23. The number of carbonyl (C=O) groups is 1. The molecule has 1 rings (SSSR count). The average Bonchev–Trinajstić information content (AvgIpc) is 2.51. The maximum Gasteiger partial charge on any atom is 0.314 e. The SMILES string of the molecule is CCCNC(=O)NCC1CCCCCN1. The molecule has 1 unspecified atom stereocenters. The zero-order chi connectivity index (χ0) is 10.9. The van der Waals surface area contributed by atoms with Gasteiger partial charge in [0, 0.05) is 19.1 Å². The molecule has 4 nitrogen and oxygen atoms in total. The lowest BCUT2D eigenvalue weighted by molar-refractivity contribution is 0.239. The lowest BCUT2D eigenvalue weighted by Gasteiger charge is -2.16. The summed E-state index contributed by atoms with van der Waals surface area (Å²) < 4.78 is 0. The average molecular weight is 213 g/mol. The van der Waals surface area contributed by atoms with E-state index in [9.17, 15) is 4.79 Å². The second-order valence-corrected chi connectivity index (χ2v) is 4.14. The van der Waals surface area contributed by atoms with Crippen LogP contribution in [0.1, 0.15) is 39.0 Å². The molecule has 1 heterocycles. The van der Waals surface area contributed by atoms with E-state index in [1.54, 1.807) is 0 Å². The van der Waals surface area contributed by atoms with E-state index in [1.807, 2.05) is 6.92 Å². The molecular weight excluding hydrogens is 190 g/mol. The number of urea groups is 1. The molecule has 0 aromatic heterocycles. The van der Waals surface area contributed by atoms with Crippen molar-refractivity contribution < 1.29 is 4.79 Å². The van der Waals surface area contributed by atoms with Crippen molar-refractivity contribution in [3.05, 3.63) is 0 Å². The fourth-order valence-electron chi connectivity index (χ4n) is 1.79. The van der Waals surface area contributed by atoms with Crippen LogP contribution in [0.15, 0.2) is 0 Å². The summed E-state index contributed by atoms with van der Waals surface area (Å²) in [6, 6.07) is 0.419. The Bertz CT molecular complexity index is 177. The van der Waals surface area contributed by atoms with Crippen molar-refractivity contribution in [2.45, 2.75) is 45.1 Å². The van der Waals surface area contributed by atoms with Crippen LogP contribution in [0.25, 0.3) is 0 Å². The zero-order valence-electron chi connectivity index (χ0n) is 9.64. The van der Waals surface area contributed by atoms with Crippen LogP contribution in [0.4, 0.5) is 4.79 Å². The van der Waals surface area contributed by atoms with Crippen molar-refractivity contribution in [1.29, 1.82) is 0 Å². The molecule has 1 aliphatic rings. The van der Waals surface area contributed by atoms with E-state index in [0.29, 0.717) is 6.04 Å². The van der Waals surface area contributed by atoms with Crippen LogP contribution < -0.4 is 16.0 Å². The van der Waals surface area contributed by atoms with Crippen molar-refractivity contribution in [2.24, 2.45) is 0 Å². The van der Waals surface area contributed by atoms with Gasteiger partial charge in [-0.05, 0) is 25.8 Å². The summed E-state index contributed by atoms with van der Waals surface area (Å²) >= 11 is 0. The molecule has 3 N–H and O–H groups in total. The fourth-order valence-corrected chi connectivity index (χ4v) is 1.79. The molecule has 1 atom stereocenters. The summed E-state index contributed by atoms with van der Waals surface area (Å²) in [5, 5.41) is 9.16. The summed E-state index contributed by atoms with van der Waals surface area (Å²) in [6.07, 6.45) is 6.00. The Hall–Kier alpha value is -0.770. The Balaban J connectivity index is 2.09. The first kappa shape index (κ1) is 12.3. The Morgan fingerprint density at radius 2 is 2.20 bits per heavy atom. The highest BCUT2D eigenvalue weighted by molar-refractivity contribution is 5.73. The van der Waals surface area contributed by atoms with Gasteiger partial charge < -0.3 is 16.0 Å². The van der Waals surface area contributed by atoms with Crippen LogP contribution in [0.5, 0.6) is 0 Å². The van der Waals surface area contributed by atoms with Crippen LogP contribution in [0.2, 0.25) is 0 Å². The van der Waals surface area contributed by atoms with Crippen LogP contribution in [0.3, 0.4) is 0 Å². The van der Waals surface area contributed by atoms with Gasteiger partial charge in [0.25, 0.3) is 0 Å². The molecule has 0 aromatic rings. The van der Waals surface area contributed by atoms with Gasteiger partial charge in [-0.25, -0.2) is 4.79 Å². The van der Waals surface area contributed by atoms with E-state index in [4.69, 9.17) is 0 Å². The van der Waals surface area contributed by atoms with E-state index in [-0.39, 0.29) is 6.03 Å². The minimum Gasteiger partial charge on any atom is -0.338 e. The number of nitrogens with one attached hydrogen (secondary N) is 3. The predicted molar refractivity (Wildman–Crippen MR) is 62.0 cm³/mol. The second kappa shape index (κ2) is 7.51.